The number of rotatable bonds is 4. The highest BCUT2D eigenvalue weighted by molar-refractivity contribution is 5.94. The molecule has 2 fully saturated rings. The van der Waals surface area contributed by atoms with Crippen molar-refractivity contribution < 1.29 is 14.6 Å². The number of amides is 1. The average Bonchev–Trinajstić information content (AvgIpc) is 3.13. The van der Waals surface area contributed by atoms with Gasteiger partial charge in [0.2, 0.25) is 0 Å². The summed E-state index contributed by atoms with van der Waals surface area (Å²) < 4.78 is 7.06. The normalized spacial score (nSPS) is 26.6. The van der Waals surface area contributed by atoms with E-state index in [1.807, 2.05) is 7.05 Å². The highest BCUT2D eigenvalue weighted by Gasteiger charge is 2.34. The smallest absolute Gasteiger partial charge is 0.254 e. The third kappa shape index (κ3) is 3.57. The van der Waals surface area contributed by atoms with Crippen LogP contribution < -0.4 is 5.32 Å². The lowest BCUT2D eigenvalue weighted by Crippen LogP contribution is -2.47. The Labute approximate surface area is 136 Å². The van der Waals surface area contributed by atoms with Crippen molar-refractivity contribution in [1.29, 1.82) is 0 Å². The molecule has 3 rings (SSSR count). The molecule has 0 saturated carbocycles. The number of aliphatic hydroxyl groups is 1. The standard InChI is InChI=1S/C16H26N4O3/c1-17-16(22)12-8-19(2)18-13(12)7-11-3-5-20(6-4-11)14-9-23-10-15(14)21/h8,11,14-15,21H,3-7,9-10H2,1-2H3,(H,17,22)/t14-,15+/m0/s1. The van der Waals surface area contributed by atoms with E-state index in [-0.39, 0.29) is 18.1 Å². The van der Waals surface area contributed by atoms with E-state index in [2.05, 4.69) is 15.3 Å². The van der Waals surface area contributed by atoms with Crippen molar-refractivity contribution in [2.45, 2.75) is 31.4 Å². The summed E-state index contributed by atoms with van der Waals surface area (Å²) in [5, 5.41) is 17.1. The van der Waals surface area contributed by atoms with Crippen LogP contribution in [0.4, 0.5) is 0 Å². The highest BCUT2D eigenvalue weighted by atomic mass is 16.5. The van der Waals surface area contributed by atoms with Gasteiger partial charge in [-0.15, -0.1) is 0 Å². The summed E-state index contributed by atoms with van der Waals surface area (Å²) in [4.78, 5) is 14.3. The number of nitrogens with zero attached hydrogens (tertiary/aromatic N) is 3. The van der Waals surface area contributed by atoms with E-state index in [0.29, 0.717) is 24.7 Å². The average molecular weight is 322 g/mol. The van der Waals surface area contributed by atoms with Crippen LogP contribution in [0.3, 0.4) is 0 Å². The van der Waals surface area contributed by atoms with E-state index in [4.69, 9.17) is 4.74 Å². The Hall–Kier alpha value is -1.44. The Balaban J connectivity index is 1.58. The van der Waals surface area contributed by atoms with Crippen LogP contribution >= 0.6 is 0 Å². The number of aryl methyl sites for hydroxylation is 1. The summed E-state index contributed by atoms with van der Waals surface area (Å²) in [7, 11) is 3.49. The van der Waals surface area contributed by atoms with Gasteiger partial charge < -0.3 is 15.2 Å². The van der Waals surface area contributed by atoms with Crippen LogP contribution in [0.5, 0.6) is 0 Å². The van der Waals surface area contributed by atoms with Gasteiger partial charge in [-0.3, -0.25) is 14.4 Å². The van der Waals surface area contributed by atoms with Crippen LogP contribution in [-0.4, -0.2) is 71.2 Å². The van der Waals surface area contributed by atoms with Gasteiger partial charge in [-0.25, -0.2) is 0 Å². The maximum absolute atomic E-state index is 11.9. The molecule has 2 atom stereocenters. The minimum Gasteiger partial charge on any atom is -0.389 e. The Morgan fingerprint density at radius 2 is 2.17 bits per heavy atom. The van der Waals surface area contributed by atoms with Gasteiger partial charge in [0.1, 0.15) is 0 Å². The number of hydrogen-bond acceptors (Lipinski definition) is 5. The first-order valence-corrected chi connectivity index (χ1v) is 8.33. The molecule has 2 aliphatic heterocycles. The number of aromatic nitrogens is 2. The molecule has 1 aromatic heterocycles. The minimum atomic E-state index is -0.359. The number of aliphatic hydroxyl groups excluding tert-OH is 1. The lowest BCUT2D eigenvalue weighted by molar-refractivity contribution is 0.0586. The van der Waals surface area contributed by atoms with Gasteiger partial charge in [-0.05, 0) is 38.3 Å². The molecule has 7 heteroatoms. The highest BCUT2D eigenvalue weighted by Crippen LogP contribution is 2.25. The van der Waals surface area contributed by atoms with E-state index in [9.17, 15) is 9.90 Å². The fourth-order valence-electron chi connectivity index (χ4n) is 3.65. The summed E-state index contributed by atoms with van der Waals surface area (Å²) in [5.41, 5.74) is 1.56. The fraction of sp³-hybridized carbons (Fsp3) is 0.750. The zero-order valence-corrected chi connectivity index (χ0v) is 13.9. The third-order valence-electron chi connectivity index (χ3n) is 5.00. The number of carbonyl (C=O) groups is 1. The Kier molecular flexibility index (Phi) is 4.99. The number of hydrogen-bond donors (Lipinski definition) is 2. The SMILES string of the molecule is CNC(=O)c1cn(C)nc1CC1CCN([C@H]2COC[C@H]2O)CC1. The third-order valence-corrected chi connectivity index (χ3v) is 5.00. The van der Waals surface area contributed by atoms with E-state index < -0.39 is 0 Å². The van der Waals surface area contributed by atoms with Crippen LogP contribution in [0, 0.1) is 5.92 Å². The molecule has 2 saturated heterocycles. The first-order chi connectivity index (χ1) is 11.1. The molecule has 0 aliphatic carbocycles. The van der Waals surface area contributed by atoms with Crippen molar-refractivity contribution in [1.82, 2.24) is 20.0 Å². The van der Waals surface area contributed by atoms with Crippen molar-refractivity contribution >= 4 is 5.91 Å². The molecule has 1 aromatic rings. The molecule has 0 unspecified atom stereocenters. The second-order valence-corrected chi connectivity index (χ2v) is 6.60. The molecular formula is C16H26N4O3. The van der Waals surface area contributed by atoms with Gasteiger partial charge in [0.25, 0.3) is 5.91 Å². The monoisotopic (exact) mass is 322 g/mol. The predicted molar refractivity (Wildman–Crippen MR) is 85.2 cm³/mol. The first-order valence-electron chi connectivity index (χ1n) is 8.33. The lowest BCUT2D eigenvalue weighted by Gasteiger charge is -2.36. The Bertz CT molecular complexity index is 552. The van der Waals surface area contributed by atoms with Crippen molar-refractivity contribution in [3.8, 4) is 0 Å². The van der Waals surface area contributed by atoms with Gasteiger partial charge in [0.15, 0.2) is 0 Å². The van der Waals surface area contributed by atoms with Crippen molar-refractivity contribution in [2.24, 2.45) is 13.0 Å². The molecule has 1 amide bonds. The first kappa shape index (κ1) is 16.4. The van der Waals surface area contributed by atoms with Crippen LogP contribution in [0.1, 0.15) is 28.9 Å². The summed E-state index contributed by atoms with van der Waals surface area (Å²) in [6, 6.07) is 0.146. The van der Waals surface area contributed by atoms with Crippen molar-refractivity contribution in [2.75, 3.05) is 33.4 Å². The molecule has 2 aliphatic rings. The number of piperidine rings is 1. The molecule has 0 bridgehead atoms. The Morgan fingerprint density at radius 3 is 2.78 bits per heavy atom. The van der Waals surface area contributed by atoms with Crippen molar-refractivity contribution in [3.63, 3.8) is 0 Å². The lowest BCUT2D eigenvalue weighted by atomic mass is 9.90. The zero-order valence-electron chi connectivity index (χ0n) is 13.9. The van der Waals surface area contributed by atoms with Gasteiger partial charge in [0, 0.05) is 20.3 Å². The quantitative estimate of drug-likeness (QED) is 0.802. The topological polar surface area (TPSA) is 79.6 Å². The van der Waals surface area contributed by atoms with Crippen LogP contribution in [0.15, 0.2) is 6.20 Å². The number of ether oxygens (including phenoxy) is 1. The van der Waals surface area contributed by atoms with E-state index in [0.717, 1.165) is 38.0 Å². The van der Waals surface area contributed by atoms with Crippen LogP contribution in [0.25, 0.3) is 0 Å². The fourth-order valence-corrected chi connectivity index (χ4v) is 3.65. The zero-order chi connectivity index (χ0) is 16.4. The van der Waals surface area contributed by atoms with Crippen LogP contribution in [-0.2, 0) is 18.2 Å². The van der Waals surface area contributed by atoms with Gasteiger partial charge in [0.05, 0.1) is 36.6 Å². The maximum atomic E-state index is 11.9. The molecule has 0 aromatic carbocycles. The maximum Gasteiger partial charge on any atom is 0.254 e. The van der Waals surface area contributed by atoms with Gasteiger partial charge in [-0.1, -0.05) is 0 Å². The molecule has 7 nitrogen and oxygen atoms in total. The predicted octanol–water partition coefficient (Wildman–Crippen LogP) is -0.206. The second-order valence-electron chi connectivity index (χ2n) is 6.60. The number of carbonyl (C=O) groups excluding carboxylic acids is 1. The molecule has 3 heterocycles. The van der Waals surface area contributed by atoms with Gasteiger partial charge in [-0.2, -0.15) is 5.10 Å². The molecule has 0 spiro atoms. The van der Waals surface area contributed by atoms with Crippen LogP contribution in [0.2, 0.25) is 0 Å². The van der Waals surface area contributed by atoms with Gasteiger partial charge >= 0.3 is 0 Å². The second kappa shape index (κ2) is 6.98. The number of likely N-dealkylation sites (tertiary alicyclic amines) is 1. The molecule has 23 heavy (non-hydrogen) atoms. The van der Waals surface area contributed by atoms with E-state index in [1.165, 1.54) is 0 Å². The minimum absolute atomic E-state index is 0.0724. The molecular weight excluding hydrogens is 296 g/mol. The molecule has 128 valence electrons. The van der Waals surface area contributed by atoms with E-state index >= 15 is 0 Å². The summed E-state index contributed by atoms with van der Waals surface area (Å²) in [5.74, 6) is 0.459. The largest absolute Gasteiger partial charge is 0.389 e. The molecule has 2 N–H and O–H groups in total. The summed E-state index contributed by atoms with van der Waals surface area (Å²) >= 11 is 0. The summed E-state index contributed by atoms with van der Waals surface area (Å²) in [6.07, 6.45) is 4.39. The summed E-state index contributed by atoms with van der Waals surface area (Å²) in [6.45, 7) is 3.02. The molecule has 0 radical (unpaired) electrons. The Morgan fingerprint density at radius 1 is 1.43 bits per heavy atom. The number of nitrogens with one attached hydrogen (secondary N) is 1. The van der Waals surface area contributed by atoms with E-state index in [1.54, 1.807) is 17.9 Å². The van der Waals surface area contributed by atoms with Crippen molar-refractivity contribution in [3.05, 3.63) is 17.5 Å².